The molecule has 0 bridgehead atoms. The number of benzene rings is 2. The second kappa shape index (κ2) is 8.89. The van der Waals surface area contributed by atoms with Crippen LogP contribution >= 0.6 is 23.2 Å². The standard InChI is InChI=1S/C21H16Cl2FN7O/c1-11(7-8-26-2)19-18(28-30-31(19)16-6-4-3-5-15(16)24)21-27-20(29-32-21)12-9-13(22)17(25)14(23)10-12/h3-10H,25H2,1-2H3/b11-7+,26-8-. The third kappa shape index (κ3) is 4.00. The van der Waals surface area contributed by atoms with Crippen molar-refractivity contribution in [3.05, 3.63) is 64.0 Å². The number of nitrogens with zero attached hydrogens (tertiary/aromatic N) is 6. The summed E-state index contributed by atoms with van der Waals surface area (Å²) in [5.41, 5.74) is 8.24. The van der Waals surface area contributed by atoms with E-state index < -0.39 is 5.82 Å². The molecule has 0 amide bonds. The van der Waals surface area contributed by atoms with E-state index in [9.17, 15) is 4.39 Å². The van der Waals surface area contributed by atoms with Crippen molar-refractivity contribution < 1.29 is 8.91 Å². The molecule has 32 heavy (non-hydrogen) atoms. The highest BCUT2D eigenvalue weighted by Gasteiger charge is 2.24. The quantitative estimate of drug-likeness (QED) is 0.319. The van der Waals surface area contributed by atoms with Crippen LogP contribution < -0.4 is 5.73 Å². The van der Waals surface area contributed by atoms with Crippen molar-refractivity contribution in [3.8, 4) is 28.7 Å². The Morgan fingerprint density at radius 3 is 2.62 bits per heavy atom. The van der Waals surface area contributed by atoms with E-state index in [1.807, 2.05) is 6.92 Å². The van der Waals surface area contributed by atoms with Crippen molar-refractivity contribution in [2.45, 2.75) is 6.92 Å². The molecule has 0 fully saturated rings. The summed E-state index contributed by atoms with van der Waals surface area (Å²) < 4.78 is 21.3. The molecule has 0 saturated carbocycles. The lowest BCUT2D eigenvalue weighted by atomic mass is 10.1. The molecule has 0 atom stereocenters. The number of aliphatic imine (C=N–C) groups is 1. The highest BCUT2D eigenvalue weighted by molar-refractivity contribution is 6.39. The smallest absolute Gasteiger partial charge is 0.281 e. The third-order valence-electron chi connectivity index (χ3n) is 4.56. The number of aromatic nitrogens is 5. The lowest BCUT2D eigenvalue weighted by Crippen LogP contribution is -2.04. The van der Waals surface area contributed by atoms with Gasteiger partial charge in [0.15, 0.2) is 5.69 Å². The summed E-state index contributed by atoms with van der Waals surface area (Å²) in [7, 11) is 1.64. The number of nitrogens with two attached hydrogens (primary N) is 1. The first-order valence-electron chi connectivity index (χ1n) is 9.29. The summed E-state index contributed by atoms with van der Waals surface area (Å²) in [4.78, 5) is 8.37. The number of nitrogen functional groups attached to an aromatic ring is 1. The van der Waals surface area contributed by atoms with Gasteiger partial charge in [0.25, 0.3) is 5.89 Å². The monoisotopic (exact) mass is 471 g/mol. The Morgan fingerprint density at radius 1 is 1.22 bits per heavy atom. The fourth-order valence-corrected chi connectivity index (χ4v) is 3.47. The Bertz CT molecular complexity index is 1340. The van der Waals surface area contributed by atoms with E-state index in [0.29, 0.717) is 16.8 Å². The van der Waals surface area contributed by atoms with E-state index in [1.165, 1.54) is 10.7 Å². The molecule has 0 saturated heterocycles. The number of anilines is 1. The zero-order valence-electron chi connectivity index (χ0n) is 16.9. The number of halogens is 3. The number of rotatable bonds is 5. The van der Waals surface area contributed by atoms with Gasteiger partial charge in [0, 0.05) is 18.8 Å². The van der Waals surface area contributed by atoms with Crippen molar-refractivity contribution in [1.29, 1.82) is 0 Å². The number of hydrogen-bond donors (Lipinski definition) is 1. The molecule has 0 unspecified atom stereocenters. The van der Waals surface area contributed by atoms with Gasteiger partial charge in [-0.15, -0.1) is 5.10 Å². The van der Waals surface area contributed by atoms with Crippen molar-refractivity contribution in [3.63, 3.8) is 0 Å². The first-order valence-corrected chi connectivity index (χ1v) is 10.0. The Labute approximate surface area is 192 Å². The molecule has 2 aromatic heterocycles. The molecule has 0 aliphatic rings. The maximum atomic E-state index is 14.5. The minimum absolute atomic E-state index is 0.0860. The molecule has 2 N–H and O–H groups in total. The summed E-state index contributed by atoms with van der Waals surface area (Å²) in [6, 6.07) is 9.39. The molecule has 11 heteroatoms. The lowest BCUT2D eigenvalue weighted by Gasteiger charge is -2.08. The highest BCUT2D eigenvalue weighted by atomic mass is 35.5. The van der Waals surface area contributed by atoms with Crippen LogP contribution in [0.3, 0.4) is 0 Å². The molecule has 8 nitrogen and oxygen atoms in total. The first kappa shape index (κ1) is 21.7. The van der Waals surface area contributed by atoms with E-state index in [4.69, 9.17) is 33.5 Å². The van der Waals surface area contributed by atoms with Crippen molar-refractivity contribution in [2.24, 2.45) is 4.99 Å². The van der Waals surface area contributed by atoms with Crippen LogP contribution in [0.15, 0.2) is 52.0 Å². The second-order valence-electron chi connectivity index (χ2n) is 6.68. The van der Waals surface area contributed by atoms with Crippen molar-refractivity contribution in [1.82, 2.24) is 25.1 Å². The second-order valence-corrected chi connectivity index (χ2v) is 7.50. The Balaban J connectivity index is 1.86. The molecule has 0 aliphatic heterocycles. The minimum Gasteiger partial charge on any atom is -0.396 e. The molecule has 2 aromatic carbocycles. The lowest BCUT2D eigenvalue weighted by molar-refractivity contribution is 0.431. The average molecular weight is 472 g/mol. The Hall–Kier alpha value is -3.56. The summed E-state index contributed by atoms with van der Waals surface area (Å²) in [5, 5.41) is 12.8. The van der Waals surface area contributed by atoms with Crippen LogP contribution in [0.2, 0.25) is 10.0 Å². The van der Waals surface area contributed by atoms with Gasteiger partial charge in [-0.25, -0.2) is 9.07 Å². The van der Waals surface area contributed by atoms with Gasteiger partial charge in [0.05, 0.1) is 15.7 Å². The van der Waals surface area contributed by atoms with Crippen molar-refractivity contribution >= 4 is 40.7 Å². The van der Waals surface area contributed by atoms with Gasteiger partial charge in [-0.3, -0.25) is 4.99 Å². The van der Waals surface area contributed by atoms with Crippen LogP contribution in [0, 0.1) is 5.82 Å². The SMILES string of the molecule is C/N=C\C=C(/C)c1c(-c2nc(-c3cc(Cl)c(N)c(Cl)c3)no2)nnn1-c1ccccc1F. The Kier molecular flexibility index (Phi) is 6.02. The fourth-order valence-electron chi connectivity index (χ4n) is 2.99. The van der Waals surface area contributed by atoms with Gasteiger partial charge in [-0.1, -0.05) is 45.7 Å². The molecular weight excluding hydrogens is 456 g/mol. The van der Waals surface area contributed by atoms with Gasteiger partial charge in [0.2, 0.25) is 5.82 Å². The maximum Gasteiger partial charge on any atom is 0.281 e. The van der Waals surface area contributed by atoms with Gasteiger partial charge in [-0.2, -0.15) is 4.98 Å². The predicted octanol–water partition coefficient (Wildman–Crippen LogP) is 5.12. The fraction of sp³-hybridized carbons (Fsp3) is 0.0952. The average Bonchev–Trinajstić information content (AvgIpc) is 3.43. The van der Waals surface area contributed by atoms with Crippen LogP contribution in [0.4, 0.5) is 10.1 Å². The molecule has 0 spiro atoms. The molecule has 0 aliphatic carbocycles. The van der Waals surface area contributed by atoms with E-state index in [-0.39, 0.29) is 38.8 Å². The predicted molar refractivity (Wildman–Crippen MR) is 123 cm³/mol. The molecule has 2 heterocycles. The van der Waals surface area contributed by atoms with Crippen LogP contribution in [-0.4, -0.2) is 38.4 Å². The van der Waals surface area contributed by atoms with E-state index in [2.05, 4.69) is 25.4 Å². The molecular formula is C21H16Cl2FN7O. The van der Waals surface area contributed by atoms with Crippen LogP contribution in [0.25, 0.3) is 34.2 Å². The summed E-state index contributed by atoms with van der Waals surface area (Å²) in [6.07, 6.45) is 3.35. The first-order chi connectivity index (χ1) is 15.4. The van der Waals surface area contributed by atoms with E-state index in [1.54, 1.807) is 49.7 Å². The molecule has 162 valence electrons. The molecule has 4 rings (SSSR count). The topological polar surface area (TPSA) is 108 Å². The van der Waals surface area contributed by atoms with Crippen LogP contribution in [-0.2, 0) is 0 Å². The van der Waals surface area contributed by atoms with Gasteiger partial charge >= 0.3 is 0 Å². The maximum absolute atomic E-state index is 14.5. The Morgan fingerprint density at radius 2 is 1.94 bits per heavy atom. The van der Waals surface area contributed by atoms with Gasteiger partial charge in [0.1, 0.15) is 17.2 Å². The summed E-state index contributed by atoms with van der Waals surface area (Å²) in [6.45, 7) is 1.82. The normalized spacial score (nSPS) is 12.1. The minimum atomic E-state index is -0.459. The van der Waals surface area contributed by atoms with Crippen molar-refractivity contribution in [2.75, 3.05) is 12.8 Å². The largest absolute Gasteiger partial charge is 0.396 e. The molecule has 0 radical (unpaired) electrons. The van der Waals surface area contributed by atoms with Gasteiger partial charge in [-0.05, 0) is 42.8 Å². The van der Waals surface area contributed by atoms with Crippen LogP contribution in [0.1, 0.15) is 12.6 Å². The third-order valence-corrected chi connectivity index (χ3v) is 5.19. The van der Waals surface area contributed by atoms with Gasteiger partial charge < -0.3 is 10.3 Å². The number of para-hydroxylation sites is 1. The summed E-state index contributed by atoms with van der Waals surface area (Å²) >= 11 is 12.2. The highest BCUT2D eigenvalue weighted by Crippen LogP contribution is 2.34. The summed E-state index contributed by atoms with van der Waals surface area (Å²) in [5.74, 6) is -0.144. The zero-order valence-corrected chi connectivity index (χ0v) is 18.4. The van der Waals surface area contributed by atoms with Crippen LogP contribution in [0.5, 0.6) is 0 Å². The number of hydrogen-bond acceptors (Lipinski definition) is 7. The van der Waals surface area contributed by atoms with E-state index in [0.717, 1.165) is 0 Å². The number of allylic oxidation sites excluding steroid dienone is 2. The zero-order chi connectivity index (χ0) is 22.8. The molecule has 4 aromatic rings. The van der Waals surface area contributed by atoms with E-state index >= 15 is 0 Å².